The van der Waals surface area contributed by atoms with Crippen molar-refractivity contribution in [2.24, 2.45) is 7.05 Å². The van der Waals surface area contributed by atoms with Crippen LogP contribution in [-0.4, -0.2) is 23.9 Å². The van der Waals surface area contributed by atoms with Crippen molar-refractivity contribution in [1.29, 1.82) is 0 Å². The van der Waals surface area contributed by atoms with Crippen molar-refractivity contribution in [2.45, 2.75) is 6.04 Å². The summed E-state index contributed by atoms with van der Waals surface area (Å²) in [5.41, 5.74) is 2.28. The van der Waals surface area contributed by atoms with Crippen LogP contribution >= 0.6 is 11.3 Å². The molecule has 2 aromatic rings. The first kappa shape index (κ1) is 11.2. The molecule has 0 aliphatic rings. The zero-order chi connectivity index (χ0) is 11.5. The Balaban J connectivity index is 2.44. The van der Waals surface area contributed by atoms with Gasteiger partial charge in [0.15, 0.2) is 5.75 Å². The fourth-order valence-corrected chi connectivity index (χ4v) is 2.50. The zero-order valence-electron chi connectivity index (χ0n) is 9.60. The van der Waals surface area contributed by atoms with Crippen LogP contribution < -0.4 is 10.1 Å². The van der Waals surface area contributed by atoms with Crippen LogP contribution in [0.5, 0.6) is 5.75 Å². The zero-order valence-corrected chi connectivity index (χ0v) is 10.4. The molecule has 4 nitrogen and oxygen atoms in total. The maximum Gasteiger partial charge on any atom is 0.161 e. The predicted octanol–water partition coefficient (Wildman–Crippen LogP) is 1.80. The summed E-state index contributed by atoms with van der Waals surface area (Å²) in [5, 5.41) is 11.7. The fourth-order valence-electron chi connectivity index (χ4n) is 1.81. The Morgan fingerprint density at radius 3 is 2.94 bits per heavy atom. The molecule has 0 spiro atoms. The van der Waals surface area contributed by atoms with Gasteiger partial charge in [0.2, 0.25) is 0 Å². The van der Waals surface area contributed by atoms with Gasteiger partial charge in [-0.3, -0.25) is 4.68 Å². The lowest BCUT2D eigenvalue weighted by Crippen LogP contribution is -2.20. The molecule has 5 heteroatoms. The van der Waals surface area contributed by atoms with Crippen molar-refractivity contribution in [3.63, 3.8) is 0 Å². The third-order valence-corrected chi connectivity index (χ3v) is 3.31. The summed E-state index contributed by atoms with van der Waals surface area (Å²) in [6.07, 6.45) is 1.74. The molecule has 0 aliphatic carbocycles. The molecule has 0 amide bonds. The third kappa shape index (κ3) is 1.83. The van der Waals surface area contributed by atoms with Crippen molar-refractivity contribution in [1.82, 2.24) is 15.1 Å². The van der Waals surface area contributed by atoms with Crippen molar-refractivity contribution < 1.29 is 4.74 Å². The van der Waals surface area contributed by atoms with Crippen molar-refractivity contribution in [3.8, 4) is 5.75 Å². The quantitative estimate of drug-likeness (QED) is 0.881. The number of thiophene rings is 1. The molecule has 1 unspecified atom stereocenters. The van der Waals surface area contributed by atoms with Crippen LogP contribution in [0.25, 0.3) is 0 Å². The van der Waals surface area contributed by atoms with Crippen molar-refractivity contribution in [2.75, 3.05) is 14.2 Å². The predicted molar refractivity (Wildman–Crippen MR) is 65.0 cm³/mol. The van der Waals surface area contributed by atoms with Gasteiger partial charge in [-0.1, -0.05) is 0 Å². The smallest absolute Gasteiger partial charge is 0.161 e. The summed E-state index contributed by atoms with van der Waals surface area (Å²) in [7, 11) is 5.53. The van der Waals surface area contributed by atoms with Crippen LogP contribution in [0.2, 0.25) is 0 Å². The van der Waals surface area contributed by atoms with E-state index in [1.807, 2.05) is 18.8 Å². The summed E-state index contributed by atoms with van der Waals surface area (Å²) in [6, 6.07) is 2.23. The largest absolute Gasteiger partial charge is 0.493 e. The highest BCUT2D eigenvalue weighted by atomic mass is 32.1. The van der Waals surface area contributed by atoms with Crippen LogP contribution in [0, 0.1) is 0 Å². The highest BCUT2D eigenvalue weighted by molar-refractivity contribution is 7.08. The molecule has 1 atom stereocenters. The Bertz CT molecular complexity index is 450. The molecule has 0 fully saturated rings. The average molecular weight is 237 g/mol. The monoisotopic (exact) mass is 237 g/mol. The van der Waals surface area contributed by atoms with Crippen LogP contribution in [-0.2, 0) is 7.05 Å². The minimum atomic E-state index is 0.119. The number of nitrogens with one attached hydrogen (secondary N) is 1. The Hall–Kier alpha value is -1.33. The van der Waals surface area contributed by atoms with Crippen LogP contribution in [0.3, 0.4) is 0 Å². The minimum Gasteiger partial charge on any atom is -0.493 e. The van der Waals surface area contributed by atoms with Gasteiger partial charge in [-0.15, -0.1) is 0 Å². The minimum absolute atomic E-state index is 0.119. The Morgan fingerprint density at radius 1 is 1.56 bits per heavy atom. The first-order valence-electron chi connectivity index (χ1n) is 5.03. The molecule has 1 N–H and O–H groups in total. The summed E-state index contributed by atoms with van der Waals surface area (Å²) in [4.78, 5) is 0. The second-order valence-electron chi connectivity index (χ2n) is 3.50. The Labute approximate surface area is 98.9 Å². The lowest BCUT2D eigenvalue weighted by Gasteiger charge is -2.16. The SMILES string of the molecule is CNC(c1ccsc1)c1c(OC)cnn1C. The normalized spacial score (nSPS) is 12.7. The standard InChI is InChI=1S/C11H15N3OS/c1-12-10(8-4-5-16-7-8)11-9(15-3)6-13-14(11)2/h4-7,10,12H,1-3H3. The number of rotatable bonds is 4. The number of aromatic nitrogens is 2. The van der Waals surface area contributed by atoms with Gasteiger partial charge in [0.1, 0.15) is 5.69 Å². The first-order chi connectivity index (χ1) is 7.77. The molecule has 16 heavy (non-hydrogen) atoms. The van der Waals surface area contributed by atoms with Gasteiger partial charge in [0, 0.05) is 7.05 Å². The molecule has 86 valence electrons. The van der Waals surface area contributed by atoms with E-state index in [1.165, 1.54) is 5.56 Å². The van der Waals surface area contributed by atoms with Gasteiger partial charge < -0.3 is 10.1 Å². The first-order valence-corrected chi connectivity index (χ1v) is 5.97. The second kappa shape index (κ2) is 4.67. The van der Waals surface area contributed by atoms with E-state index in [9.17, 15) is 0 Å². The molecule has 2 aromatic heterocycles. The molecular weight excluding hydrogens is 222 g/mol. The van der Waals surface area contributed by atoms with Gasteiger partial charge in [-0.05, 0) is 29.4 Å². The molecular formula is C11H15N3OS. The van der Waals surface area contributed by atoms with Gasteiger partial charge >= 0.3 is 0 Å². The number of ether oxygens (including phenoxy) is 1. The molecule has 0 saturated carbocycles. The molecule has 0 radical (unpaired) electrons. The molecule has 0 bridgehead atoms. The van der Waals surface area contributed by atoms with Crippen LogP contribution in [0.15, 0.2) is 23.0 Å². The Morgan fingerprint density at radius 2 is 2.38 bits per heavy atom. The highest BCUT2D eigenvalue weighted by Crippen LogP contribution is 2.30. The van der Waals surface area contributed by atoms with Crippen LogP contribution in [0.1, 0.15) is 17.3 Å². The summed E-state index contributed by atoms with van der Waals surface area (Å²) in [6.45, 7) is 0. The third-order valence-electron chi connectivity index (χ3n) is 2.61. The number of methoxy groups -OCH3 is 1. The van der Waals surface area contributed by atoms with E-state index in [-0.39, 0.29) is 6.04 Å². The average Bonchev–Trinajstić information content (AvgIpc) is 2.91. The number of nitrogens with zero attached hydrogens (tertiary/aromatic N) is 2. The van der Waals surface area contributed by atoms with Crippen molar-refractivity contribution >= 4 is 11.3 Å². The molecule has 2 rings (SSSR count). The fraction of sp³-hybridized carbons (Fsp3) is 0.364. The number of hydrogen-bond acceptors (Lipinski definition) is 4. The topological polar surface area (TPSA) is 39.1 Å². The lowest BCUT2D eigenvalue weighted by atomic mass is 10.1. The van der Waals surface area contributed by atoms with E-state index in [2.05, 4.69) is 27.2 Å². The van der Waals surface area contributed by atoms with Gasteiger partial charge in [0.25, 0.3) is 0 Å². The maximum absolute atomic E-state index is 5.33. The lowest BCUT2D eigenvalue weighted by molar-refractivity contribution is 0.402. The van der Waals surface area contributed by atoms with E-state index < -0.39 is 0 Å². The summed E-state index contributed by atoms with van der Waals surface area (Å²) in [5.74, 6) is 0.813. The molecule has 0 aliphatic heterocycles. The van der Waals surface area contributed by atoms with E-state index in [4.69, 9.17) is 4.74 Å². The molecule has 0 saturated heterocycles. The van der Waals surface area contributed by atoms with E-state index in [1.54, 1.807) is 24.6 Å². The van der Waals surface area contributed by atoms with E-state index in [0.29, 0.717) is 0 Å². The van der Waals surface area contributed by atoms with Crippen LogP contribution in [0.4, 0.5) is 0 Å². The highest BCUT2D eigenvalue weighted by Gasteiger charge is 2.20. The molecule has 2 heterocycles. The maximum atomic E-state index is 5.33. The second-order valence-corrected chi connectivity index (χ2v) is 4.28. The summed E-state index contributed by atoms with van der Waals surface area (Å²) < 4.78 is 7.17. The van der Waals surface area contributed by atoms with Crippen molar-refractivity contribution in [3.05, 3.63) is 34.3 Å². The Kier molecular flexibility index (Phi) is 3.26. The van der Waals surface area contributed by atoms with E-state index >= 15 is 0 Å². The van der Waals surface area contributed by atoms with E-state index in [0.717, 1.165) is 11.4 Å². The van der Waals surface area contributed by atoms with Gasteiger partial charge in [0.05, 0.1) is 19.3 Å². The van der Waals surface area contributed by atoms with Gasteiger partial charge in [-0.25, -0.2) is 0 Å². The number of aryl methyl sites for hydroxylation is 1. The summed E-state index contributed by atoms with van der Waals surface area (Å²) >= 11 is 1.69. The van der Waals surface area contributed by atoms with Gasteiger partial charge in [-0.2, -0.15) is 16.4 Å². The molecule has 0 aromatic carbocycles. The number of hydrogen-bond donors (Lipinski definition) is 1.